The number of carbonyl (C=O) groups excluding carboxylic acids is 1. The van der Waals surface area contributed by atoms with Crippen molar-refractivity contribution in [3.8, 4) is 6.07 Å². The van der Waals surface area contributed by atoms with Crippen LogP contribution in [0, 0.1) is 29.1 Å². The maximum Gasteiger partial charge on any atom is 0.307 e. The second-order valence-electron chi connectivity index (χ2n) is 4.74. The summed E-state index contributed by atoms with van der Waals surface area (Å²) in [7, 11) is 1.62. The Balaban J connectivity index is 2.72. The lowest BCUT2D eigenvalue weighted by molar-refractivity contribution is -0.150. The van der Waals surface area contributed by atoms with Crippen molar-refractivity contribution in [1.29, 1.82) is 5.26 Å². The summed E-state index contributed by atoms with van der Waals surface area (Å²) in [4.78, 5) is 24.8. The van der Waals surface area contributed by atoms with E-state index >= 15 is 0 Å². The highest BCUT2D eigenvalue weighted by Gasteiger charge is 2.35. The van der Waals surface area contributed by atoms with E-state index in [0.29, 0.717) is 19.4 Å². The van der Waals surface area contributed by atoms with Gasteiger partial charge in [0.05, 0.1) is 23.8 Å². The van der Waals surface area contributed by atoms with Gasteiger partial charge in [0, 0.05) is 13.6 Å². The van der Waals surface area contributed by atoms with Gasteiger partial charge in [-0.25, -0.2) is 0 Å². The van der Waals surface area contributed by atoms with Gasteiger partial charge in [0.25, 0.3) is 0 Å². The minimum absolute atomic E-state index is 0.186. The number of aliphatic carboxylic acids is 1. The minimum Gasteiger partial charge on any atom is -0.481 e. The Morgan fingerprint density at radius 2 is 2.00 bits per heavy atom. The molecule has 1 rings (SSSR count). The van der Waals surface area contributed by atoms with Crippen LogP contribution in [0.25, 0.3) is 0 Å². The largest absolute Gasteiger partial charge is 0.481 e. The fourth-order valence-corrected chi connectivity index (χ4v) is 2.18. The molecule has 0 spiro atoms. The lowest BCUT2D eigenvalue weighted by Crippen LogP contribution is -2.41. The average molecular weight is 250 g/mol. The fraction of sp³-hybridized carbons (Fsp3) is 0.615. The maximum absolute atomic E-state index is 12.2. The van der Waals surface area contributed by atoms with Crippen molar-refractivity contribution in [3.63, 3.8) is 0 Å². The molecule has 18 heavy (non-hydrogen) atoms. The van der Waals surface area contributed by atoms with E-state index in [0.717, 1.165) is 0 Å². The van der Waals surface area contributed by atoms with Crippen LogP contribution in [-0.2, 0) is 9.59 Å². The van der Waals surface area contributed by atoms with Crippen LogP contribution in [0.15, 0.2) is 12.2 Å². The van der Waals surface area contributed by atoms with Crippen LogP contribution in [0.1, 0.15) is 19.8 Å². The number of nitriles is 1. The van der Waals surface area contributed by atoms with Crippen LogP contribution in [0.5, 0.6) is 0 Å². The van der Waals surface area contributed by atoms with Crippen molar-refractivity contribution < 1.29 is 14.7 Å². The van der Waals surface area contributed by atoms with Crippen LogP contribution in [0.2, 0.25) is 0 Å². The van der Waals surface area contributed by atoms with Gasteiger partial charge < -0.3 is 10.0 Å². The number of amides is 1. The minimum atomic E-state index is -0.931. The topological polar surface area (TPSA) is 81.4 Å². The molecule has 5 nitrogen and oxygen atoms in total. The fourth-order valence-electron chi connectivity index (χ4n) is 2.18. The quantitative estimate of drug-likeness (QED) is 0.762. The highest BCUT2D eigenvalue weighted by atomic mass is 16.4. The third-order valence-electron chi connectivity index (χ3n) is 3.21. The Hall–Kier alpha value is -1.83. The molecule has 0 aromatic heterocycles. The molecule has 0 aromatic rings. The number of carbonyl (C=O) groups is 2. The molecule has 0 bridgehead atoms. The Morgan fingerprint density at radius 1 is 1.44 bits per heavy atom. The van der Waals surface area contributed by atoms with Crippen molar-refractivity contribution in [2.24, 2.45) is 17.8 Å². The molecule has 0 radical (unpaired) electrons. The molecular weight excluding hydrogens is 232 g/mol. The van der Waals surface area contributed by atoms with Gasteiger partial charge in [-0.15, -0.1) is 0 Å². The molecule has 0 heterocycles. The standard InChI is InChI=1S/C13H18N2O3/c1-9(7-14)8-15(2)12(16)10-5-3-4-6-11(10)13(17)18/h3-4,9-11H,5-6,8H2,1-2H3,(H,17,18). The third kappa shape index (κ3) is 3.33. The SMILES string of the molecule is CC(C#N)CN(C)C(=O)C1CC=CCC1C(=O)O. The molecule has 3 unspecified atom stereocenters. The summed E-state index contributed by atoms with van der Waals surface area (Å²) >= 11 is 0. The zero-order valence-electron chi connectivity index (χ0n) is 10.7. The Labute approximate surface area is 107 Å². The molecule has 3 atom stereocenters. The van der Waals surface area contributed by atoms with Crippen LogP contribution >= 0.6 is 0 Å². The van der Waals surface area contributed by atoms with Crippen LogP contribution in [0.4, 0.5) is 0 Å². The number of carboxylic acid groups (broad SMARTS) is 1. The van der Waals surface area contributed by atoms with Crippen molar-refractivity contribution in [1.82, 2.24) is 4.90 Å². The predicted octanol–water partition coefficient (Wildman–Crippen LogP) is 1.27. The smallest absolute Gasteiger partial charge is 0.307 e. The first kappa shape index (κ1) is 14.2. The van der Waals surface area contributed by atoms with Gasteiger partial charge in [-0.3, -0.25) is 9.59 Å². The van der Waals surface area contributed by atoms with Gasteiger partial charge in [0.1, 0.15) is 0 Å². The molecule has 1 amide bonds. The monoisotopic (exact) mass is 250 g/mol. The summed E-state index contributed by atoms with van der Waals surface area (Å²) in [6, 6.07) is 2.06. The molecule has 0 aliphatic heterocycles. The van der Waals surface area contributed by atoms with E-state index in [1.54, 1.807) is 20.0 Å². The lowest BCUT2D eigenvalue weighted by Gasteiger charge is -2.29. The van der Waals surface area contributed by atoms with Crippen molar-refractivity contribution in [2.75, 3.05) is 13.6 Å². The molecule has 1 N–H and O–H groups in total. The summed E-state index contributed by atoms with van der Waals surface area (Å²) in [6.07, 6.45) is 4.51. The zero-order valence-corrected chi connectivity index (χ0v) is 10.7. The van der Waals surface area contributed by atoms with E-state index in [4.69, 9.17) is 10.4 Å². The van der Waals surface area contributed by atoms with E-state index in [1.165, 1.54) is 4.90 Å². The first-order valence-corrected chi connectivity index (χ1v) is 5.99. The molecule has 0 saturated carbocycles. The molecule has 1 aliphatic carbocycles. The normalized spacial score (nSPS) is 24.1. The van der Waals surface area contributed by atoms with E-state index in [9.17, 15) is 9.59 Å². The highest BCUT2D eigenvalue weighted by Crippen LogP contribution is 2.27. The number of carboxylic acids is 1. The maximum atomic E-state index is 12.2. The Morgan fingerprint density at radius 3 is 2.50 bits per heavy atom. The van der Waals surface area contributed by atoms with Gasteiger partial charge in [0.15, 0.2) is 0 Å². The number of rotatable bonds is 4. The summed E-state index contributed by atoms with van der Waals surface area (Å²) in [5.41, 5.74) is 0. The Kier molecular flexibility index (Phi) is 4.90. The summed E-state index contributed by atoms with van der Waals surface area (Å²) in [5.74, 6) is -2.53. The summed E-state index contributed by atoms with van der Waals surface area (Å²) < 4.78 is 0. The van der Waals surface area contributed by atoms with Gasteiger partial charge >= 0.3 is 5.97 Å². The van der Waals surface area contributed by atoms with Gasteiger partial charge in [-0.05, 0) is 19.8 Å². The highest BCUT2D eigenvalue weighted by molar-refractivity contribution is 5.85. The number of hydrogen-bond donors (Lipinski definition) is 1. The third-order valence-corrected chi connectivity index (χ3v) is 3.21. The molecule has 1 aliphatic rings. The number of nitrogens with zero attached hydrogens (tertiary/aromatic N) is 2. The first-order valence-electron chi connectivity index (χ1n) is 5.99. The van der Waals surface area contributed by atoms with Crippen LogP contribution < -0.4 is 0 Å². The van der Waals surface area contributed by atoms with E-state index in [1.807, 2.05) is 6.08 Å². The van der Waals surface area contributed by atoms with Crippen molar-refractivity contribution in [3.05, 3.63) is 12.2 Å². The van der Waals surface area contributed by atoms with Crippen molar-refractivity contribution >= 4 is 11.9 Å². The second kappa shape index (κ2) is 6.20. The summed E-state index contributed by atoms with van der Waals surface area (Å²) in [6.45, 7) is 2.07. The Bertz CT molecular complexity index is 398. The molecule has 98 valence electrons. The molecule has 0 fully saturated rings. The molecular formula is C13H18N2O3. The van der Waals surface area contributed by atoms with E-state index < -0.39 is 17.8 Å². The summed E-state index contributed by atoms with van der Waals surface area (Å²) in [5, 5.41) is 17.8. The average Bonchev–Trinajstić information content (AvgIpc) is 2.37. The van der Waals surface area contributed by atoms with Gasteiger partial charge in [-0.2, -0.15) is 5.26 Å². The zero-order chi connectivity index (χ0) is 13.7. The lowest BCUT2D eigenvalue weighted by atomic mass is 9.82. The van der Waals surface area contributed by atoms with Gasteiger partial charge in [0.2, 0.25) is 5.91 Å². The van der Waals surface area contributed by atoms with Crippen LogP contribution in [-0.4, -0.2) is 35.5 Å². The molecule has 0 aromatic carbocycles. The van der Waals surface area contributed by atoms with Gasteiger partial charge in [-0.1, -0.05) is 12.2 Å². The second-order valence-corrected chi connectivity index (χ2v) is 4.74. The number of allylic oxidation sites excluding steroid dienone is 2. The predicted molar refractivity (Wildman–Crippen MR) is 65.4 cm³/mol. The number of hydrogen-bond acceptors (Lipinski definition) is 3. The van der Waals surface area contributed by atoms with E-state index in [-0.39, 0.29) is 11.8 Å². The van der Waals surface area contributed by atoms with E-state index in [2.05, 4.69) is 6.07 Å². The molecule has 0 saturated heterocycles. The first-order chi connectivity index (χ1) is 8.47. The van der Waals surface area contributed by atoms with Crippen LogP contribution in [0.3, 0.4) is 0 Å². The molecule has 5 heteroatoms. The van der Waals surface area contributed by atoms with Crippen molar-refractivity contribution in [2.45, 2.75) is 19.8 Å².